The fourth-order valence-electron chi connectivity index (χ4n) is 2.29. The highest BCUT2D eigenvalue weighted by atomic mass is 32.1. The van der Waals surface area contributed by atoms with Crippen molar-refractivity contribution in [1.82, 2.24) is 9.80 Å². The van der Waals surface area contributed by atoms with Crippen molar-refractivity contribution < 1.29 is 9.84 Å². The number of ether oxygens (including phenoxy) is 1. The molecule has 0 aromatic heterocycles. The number of thiocarbonyl (C=S) groups is 1. The highest BCUT2D eigenvalue weighted by Gasteiger charge is 2.17. The molecule has 2 rings (SSSR count). The SMILES string of the molecule is CN1CCN(CC(O)COc2ccc(C(N)=S)cc2)CC1. The third kappa shape index (κ3) is 5.24. The van der Waals surface area contributed by atoms with Crippen LogP contribution in [0.1, 0.15) is 5.56 Å². The summed E-state index contributed by atoms with van der Waals surface area (Å²) in [7, 11) is 2.12. The van der Waals surface area contributed by atoms with E-state index in [0.717, 1.165) is 31.7 Å². The molecule has 6 heteroatoms. The van der Waals surface area contributed by atoms with Crippen LogP contribution in [0.5, 0.6) is 5.75 Å². The standard InChI is InChI=1S/C15H23N3O2S/c1-17-6-8-18(9-7-17)10-13(19)11-20-14-4-2-12(3-5-14)15(16)21/h2-5,13,19H,6-11H2,1H3,(H2,16,21). The van der Waals surface area contributed by atoms with Crippen molar-refractivity contribution in [2.24, 2.45) is 5.73 Å². The predicted molar refractivity (Wildman–Crippen MR) is 87.8 cm³/mol. The Kier molecular flexibility index (Phi) is 5.93. The predicted octanol–water partition coefficient (Wildman–Crippen LogP) is 0.308. The van der Waals surface area contributed by atoms with Gasteiger partial charge in [-0.15, -0.1) is 0 Å². The number of β-amino-alcohol motifs (C(OH)–C–C–N with tert-alkyl or cyclic N) is 1. The number of likely N-dealkylation sites (N-methyl/N-ethyl adjacent to an activating group) is 1. The van der Waals surface area contributed by atoms with E-state index in [0.29, 0.717) is 23.9 Å². The third-order valence-corrected chi connectivity index (χ3v) is 3.88. The average molecular weight is 309 g/mol. The Balaban J connectivity index is 1.73. The van der Waals surface area contributed by atoms with E-state index in [1.54, 1.807) is 0 Å². The lowest BCUT2D eigenvalue weighted by Crippen LogP contribution is -2.47. The molecule has 1 heterocycles. The Morgan fingerprint density at radius 2 is 1.90 bits per heavy atom. The number of aliphatic hydroxyl groups is 1. The first-order valence-corrected chi connectivity index (χ1v) is 7.57. The lowest BCUT2D eigenvalue weighted by molar-refractivity contribution is 0.0505. The number of aliphatic hydroxyl groups excluding tert-OH is 1. The highest BCUT2D eigenvalue weighted by molar-refractivity contribution is 7.80. The van der Waals surface area contributed by atoms with Crippen LogP contribution in [-0.2, 0) is 0 Å². The Morgan fingerprint density at radius 3 is 2.48 bits per heavy atom. The molecule has 5 nitrogen and oxygen atoms in total. The smallest absolute Gasteiger partial charge is 0.119 e. The number of rotatable bonds is 6. The number of nitrogens with zero attached hydrogens (tertiary/aromatic N) is 2. The summed E-state index contributed by atoms with van der Waals surface area (Å²) in [4.78, 5) is 4.93. The van der Waals surface area contributed by atoms with Gasteiger partial charge in [0.1, 0.15) is 23.4 Å². The largest absolute Gasteiger partial charge is 0.491 e. The van der Waals surface area contributed by atoms with E-state index in [-0.39, 0.29) is 0 Å². The fourth-order valence-corrected chi connectivity index (χ4v) is 2.43. The molecule has 0 aliphatic carbocycles. The van der Waals surface area contributed by atoms with Crippen LogP contribution >= 0.6 is 12.2 Å². The zero-order valence-electron chi connectivity index (χ0n) is 12.4. The van der Waals surface area contributed by atoms with Crippen LogP contribution in [-0.4, -0.2) is 72.4 Å². The third-order valence-electron chi connectivity index (χ3n) is 3.65. The molecule has 1 aromatic rings. The molecule has 3 N–H and O–H groups in total. The summed E-state index contributed by atoms with van der Waals surface area (Å²) in [6.45, 7) is 5.03. The van der Waals surface area contributed by atoms with Crippen LogP contribution in [0.25, 0.3) is 0 Å². The lowest BCUT2D eigenvalue weighted by Gasteiger charge is -2.33. The maximum atomic E-state index is 10.1. The number of hydrogen-bond donors (Lipinski definition) is 2. The Labute approximate surface area is 131 Å². The highest BCUT2D eigenvalue weighted by Crippen LogP contribution is 2.12. The second-order valence-corrected chi connectivity index (χ2v) is 5.90. The van der Waals surface area contributed by atoms with Gasteiger partial charge in [0.05, 0.1) is 0 Å². The molecule has 1 aliphatic heterocycles. The first-order chi connectivity index (χ1) is 10.0. The quantitative estimate of drug-likeness (QED) is 0.738. The van der Waals surface area contributed by atoms with Crippen molar-refractivity contribution in [3.8, 4) is 5.75 Å². The van der Waals surface area contributed by atoms with Crippen molar-refractivity contribution in [3.05, 3.63) is 29.8 Å². The van der Waals surface area contributed by atoms with Crippen LogP contribution < -0.4 is 10.5 Å². The summed E-state index contributed by atoms with van der Waals surface area (Å²) in [5.74, 6) is 0.715. The number of hydrogen-bond acceptors (Lipinski definition) is 5. The van der Waals surface area contributed by atoms with E-state index in [4.69, 9.17) is 22.7 Å². The van der Waals surface area contributed by atoms with Crippen molar-refractivity contribution in [1.29, 1.82) is 0 Å². The first kappa shape index (κ1) is 16.2. The Morgan fingerprint density at radius 1 is 1.29 bits per heavy atom. The van der Waals surface area contributed by atoms with E-state index < -0.39 is 6.10 Å². The van der Waals surface area contributed by atoms with Gasteiger partial charge in [0.2, 0.25) is 0 Å². The van der Waals surface area contributed by atoms with Gasteiger partial charge in [-0.25, -0.2) is 0 Å². The van der Waals surface area contributed by atoms with Crippen molar-refractivity contribution in [2.75, 3.05) is 46.4 Å². The molecule has 1 saturated heterocycles. The van der Waals surface area contributed by atoms with Gasteiger partial charge in [-0.05, 0) is 31.3 Å². The van der Waals surface area contributed by atoms with Crippen LogP contribution in [0.2, 0.25) is 0 Å². The monoisotopic (exact) mass is 309 g/mol. The fraction of sp³-hybridized carbons (Fsp3) is 0.533. The molecular formula is C15H23N3O2S. The Bertz CT molecular complexity index is 458. The summed E-state index contributed by atoms with van der Waals surface area (Å²) < 4.78 is 5.59. The number of benzene rings is 1. The molecule has 1 fully saturated rings. The second kappa shape index (κ2) is 7.70. The number of nitrogens with two attached hydrogens (primary N) is 1. The molecule has 0 radical (unpaired) electrons. The second-order valence-electron chi connectivity index (χ2n) is 5.46. The molecule has 0 saturated carbocycles. The van der Waals surface area contributed by atoms with E-state index >= 15 is 0 Å². The van der Waals surface area contributed by atoms with Gasteiger partial charge >= 0.3 is 0 Å². The summed E-state index contributed by atoms with van der Waals surface area (Å²) in [6, 6.07) is 7.28. The molecule has 0 amide bonds. The van der Waals surface area contributed by atoms with E-state index in [9.17, 15) is 5.11 Å². The van der Waals surface area contributed by atoms with Gasteiger partial charge in [0.15, 0.2) is 0 Å². The molecule has 1 unspecified atom stereocenters. The minimum absolute atomic E-state index is 0.290. The van der Waals surface area contributed by atoms with Gasteiger partial charge in [0, 0.05) is 38.3 Å². The van der Waals surface area contributed by atoms with Crippen LogP contribution in [0.15, 0.2) is 24.3 Å². The average Bonchev–Trinajstić information content (AvgIpc) is 2.48. The molecule has 21 heavy (non-hydrogen) atoms. The molecule has 116 valence electrons. The Hall–Kier alpha value is -1.21. The zero-order chi connectivity index (χ0) is 15.2. The summed E-state index contributed by atoms with van der Waals surface area (Å²) in [6.07, 6.45) is -0.483. The zero-order valence-corrected chi connectivity index (χ0v) is 13.2. The van der Waals surface area contributed by atoms with E-state index in [1.807, 2.05) is 24.3 Å². The van der Waals surface area contributed by atoms with Gasteiger partial charge < -0.3 is 20.5 Å². The van der Waals surface area contributed by atoms with E-state index in [2.05, 4.69) is 16.8 Å². The normalized spacial score (nSPS) is 18.4. The molecule has 0 bridgehead atoms. The molecule has 1 aromatic carbocycles. The van der Waals surface area contributed by atoms with Crippen LogP contribution in [0, 0.1) is 0 Å². The lowest BCUT2D eigenvalue weighted by atomic mass is 10.2. The first-order valence-electron chi connectivity index (χ1n) is 7.16. The van der Waals surface area contributed by atoms with Crippen molar-refractivity contribution in [2.45, 2.75) is 6.10 Å². The minimum Gasteiger partial charge on any atom is -0.491 e. The molecule has 1 aliphatic rings. The van der Waals surface area contributed by atoms with E-state index in [1.165, 1.54) is 0 Å². The van der Waals surface area contributed by atoms with Crippen molar-refractivity contribution in [3.63, 3.8) is 0 Å². The van der Waals surface area contributed by atoms with Gasteiger partial charge in [-0.3, -0.25) is 4.90 Å². The maximum Gasteiger partial charge on any atom is 0.119 e. The van der Waals surface area contributed by atoms with Gasteiger partial charge in [-0.1, -0.05) is 12.2 Å². The topological polar surface area (TPSA) is 62.0 Å². The molecule has 0 spiro atoms. The van der Waals surface area contributed by atoms with Crippen LogP contribution in [0.3, 0.4) is 0 Å². The minimum atomic E-state index is -0.483. The van der Waals surface area contributed by atoms with Crippen molar-refractivity contribution >= 4 is 17.2 Å². The van der Waals surface area contributed by atoms with Gasteiger partial charge in [0.25, 0.3) is 0 Å². The summed E-state index contributed by atoms with van der Waals surface area (Å²) >= 11 is 4.90. The molecule has 1 atom stereocenters. The molecular weight excluding hydrogens is 286 g/mol. The number of piperazine rings is 1. The van der Waals surface area contributed by atoms with Crippen LogP contribution in [0.4, 0.5) is 0 Å². The summed E-state index contributed by atoms with van der Waals surface area (Å²) in [5, 5.41) is 10.1. The maximum absolute atomic E-state index is 10.1. The summed E-state index contributed by atoms with van der Waals surface area (Å²) in [5.41, 5.74) is 6.36. The van der Waals surface area contributed by atoms with Gasteiger partial charge in [-0.2, -0.15) is 0 Å².